The van der Waals surface area contributed by atoms with Crippen molar-refractivity contribution in [1.82, 2.24) is 0 Å². The highest BCUT2D eigenvalue weighted by Crippen LogP contribution is 1.94. The maximum Gasteiger partial charge on any atom is 0.420 e. The molecule has 0 aliphatic carbocycles. The minimum atomic E-state index is -1.29. The minimum absolute atomic E-state index is 0.251. The third-order valence-corrected chi connectivity index (χ3v) is 0.867. The van der Waals surface area contributed by atoms with Crippen molar-refractivity contribution in [3.05, 3.63) is 0 Å². The summed E-state index contributed by atoms with van der Waals surface area (Å²) in [5.41, 5.74) is 0. The lowest BCUT2D eigenvalue weighted by molar-refractivity contribution is -0.176. The molecule has 0 bridgehead atoms. The van der Waals surface area contributed by atoms with Crippen molar-refractivity contribution in [2.45, 2.75) is 13.2 Å². The molecule has 0 heterocycles. The Morgan fingerprint density at radius 1 is 1.64 bits per heavy atom. The molecule has 0 saturated heterocycles. The van der Waals surface area contributed by atoms with Crippen molar-refractivity contribution in [3.8, 4) is 0 Å². The lowest BCUT2D eigenvalue weighted by Gasteiger charge is -2.10. The molecule has 0 aliphatic heterocycles. The zero-order valence-electron chi connectivity index (χ0n) is 6.33. The number of carbonyl (C=O) groups is 1. The third kappa shape index (κ3) is 3.57. The molecule has 0 aromatic rings. The van der Waals surface area contributed by atoms with Crippen molar-refractivity contribution >= 4 is 12.4 Å². The molecule has 0 amide bonds. The largest absolute Gasteiger partial charge is 0.464 e. The summed E-state index contributed by atoms with van der Waals surface area (Å²) in [6.07, 6.45) is -1.29. The van der Waals surface area contributed by atoms with Gasteiger partial charge in [-0.05, 0) is 6.92 Å². The van der Waals surface area contributed by atoms with Gasteiger partial charge in [0.2, 0.25) is 0 Å². The molecule has 11 heavy (non-hydrogen) atoms. The van der Waals surface area contributed by atoms with Gasteiger partial charge in [0.15, 0.2) is 0 Å². The first kappa shape index (κ1) is 9.90. The quantitative estimate of drug-likeness (QED) is 0.405. The summed E-state index contributed by atoms with van der Waals surface area (Å²) in [6, 6.07) is 0. The standard InChI is InChI=1S/C6H9O5/c1-3-10-6(11-4-7)5(8)9-2/h6H,3H2,1-2H3. The van der Waals surface area contributed by atoms with E-state index in [4.69, 9.17) is 0 Å². The molecule has 0 aromatic heterocycles. The van der Waals surface area contributed by atoms with E-state index in [9.17, 15) is 9.59 Å². The van der Waals surface area contributed by atoms with Crippen LogP contribution in [0.4, 0.5) is 0 Å². The number of hydrogen-bond donors (Lipinski definition) is 0. The Kier molecular flexibility index (Phi) is 5.10. The Morgan fingerprint density at radius 2 is 2.27 bits per heavy atom. The highest BCUT2D eigenvalue weighted by Gasteiger charge is 2.20. The summed E-state index contributed by atoms with van der Waals surface area (Å²) in [6.45, 7) is 3.00. The van der Waals surface area contributed by atoms with Gasteiger partial charge >= 0.3 is 18.7 Å². The molecule has 0 saturated carbocycles. The average molecular weight is 161 g/mol. The van der Waals surface area contributed by atoms with Crippen molar-refractivity contribution in [3.63, 3.8) is 0 Å². The molecule has 5 heteroatoms. The highest BCUT2D eigenvalue weighted by atomic mass is 16.7. The van der Waals surface area contributed by atoms with E-state index in [0.29, 0.717) is 0 Å². The molecule has 5 nitrogen and oxygen atoms in total. The number of rotatable bonds is 5. The van der Waals surface area contributed by atoms with Crippen LogP contribution >= 0.6 is 0 Å². The van der Waals surface area contributed by atoms with Crippen LogP contribution in [0.15, 0.2) is 0 Å². The van der Waals surface area contributed by atoms with Gasteiger partial charge in [0, 0.05) is 6.61 Å². The van der Waals surface area contributed by atoms with Gasteiger partial charge in [-0.3, -0.25) is 0 Å². The summed E-state index contributed by atoms with van der Waals surface area (Å²) in [5.74, 6) is -0.754. The fraction of sp³-hybridized carbons (Fsp3) is 0.667. The second-order valence-electron chi connectivity index (χ2n) is 1.51. The van der Waals surface area contributed by atoms with Crippen LogP contribution in [0.1, 0.15) is 6.92 Å². The van der Waals surface area contributed by atoms with E-state index in [1.807, 2.05) is 0 Å². The zero-order chi connectivity index (χ0) is 8.69. The Bertz CT molecular complexity index is 133. The van der Waals surface area contributed by atoms with Crippen LogP contribution in [0.2, 0.25) is 0 Å². The lowest BCUT2D eigenvalue weighted by Crippen LogP contribution is -2.28. The van der Waals surface area contributed by atoms with Crippen LogP contribution in [0.25, 0.3) is 0 Å². The van der Waals surface area contributed by atoms with E-state index in [-0.39, 0.29) is 6.61 Å². The van der Waals surface area contributed by atoms with Crippen LogP contribution in [-0.2, 0) is 23.8 Å². The van der Waals surface area contributed by atoms with Gasteiger partial charge in [-0.2, -0.15) is 0 Å². The van der Waals surface area contributed by atoms with E-state index in [1.54, 1.807) is 6.92 Å². The van der Waals surface area contributed by atoms with Gasteiger partial charge in [-0.15, -0.1) is 0 Å². The predicted octanol–water partition coefficient (Wildman–Crippen LogP) is -0.394. The number of esters is 1. The minimum Gasteiger partial charge on any atom is -0.464 e. The van der Waals surface area contributed by atoms with E-state index < -0.39 is 12.3 Å². The number of methoxy groups -OCH3 is 1. The van der Waals surface area contributed by atoms with Crippen LogP contribution in [0.3, 0.4) is 0 Å². The first-order chi connectivity index (χ1) is 5.26. The van der Waals surface area contributed by atoms with Gasteiger partial charge in [0.25, 0.3) is 0 Å². The second-order valence-corrected chi connectivity index (χ2v) is 1.51. The first-order valence-corrected chi connectivity index (χ1v) is 2.98. The van der Waals surface area contributed by atoms with E-state index >= 15 is 0 Å². The number of ether oxygens (including phenoxy) is 3. The van der Waals surface area contributed by atoms with E-state index in [0.717, 1.165) is 6.47 Å². The second kappa shape index (κ2) is 5.67. The van der Waals surface area contributed by atoms with Crippen molar-refractivity contribution in [2.75, 3.05) is 13.7 Å². The van der Waals surface area contributed by atoms with Gasteiger partial charge in [0.1, 0.15) is 0 Å². The molecule has 1 radical (unpaired) electrons. The Hall–Kier alpha value is -1.10. The molecular formula is C6H9O5. The Morgan fingerprint density at radius 3 is 2.64 bits per heavy atom. The molecule has 1 atom stereocenters. The molecule has 0 rings (SSSR count). The molecule has 63 valence electrons. The SMILES string of the molecule is CCOC(O[C]=O)C(=O)OC. The molecule has 1 unspecified atom stereocenters. The topological polar surface area (TPSA) is 61.8 Å². The van der Waals surface area contributed by atoms with Crippen molar-refractivity contribution in [2.24, 2.45) is 0 Å². The number of hydrogen-bond acceptors (Lipinski definition) is 5. The van der Waals surface area contributed by atoms with Gasteiger partial charge in [-0.25, -0.2) is 9.59 Å². The van der Waals surface area contributed by atoms with Crippen LogP contribution in [-0.4, -0.2) is 32.4 Å². The van der Waals surface area contributed by atoms with E-state index in [1.165, 1.54) is 7.11 Å². The summed E-state index contributed by atoms with van der Waals surface area (Å²) < 4.78 is 13.1. The summed E-state index contributed by atoms with van der Waals surface area (Å²) in [4.78, 5) is 20.3. The highest BCUT2D eigenvalue weighted by molar-refractivity contribution is 5.74. The molecular weight excluding hydrogens is 152 g/mol. The summed E-state index contributed by atoms with van der Waals surface area (Å²) in [7, 11) is 1.17. The fourth-order valence-electron chi connectivity index (χ4n) is 0.441. The lowest BCUT2D eigenvalue weighted by atomic mass is 10.6. The smallest absolute Gasteiger partial charge is 0.420 e. The maximum absolute atomic E-state index is 10.6. The third-order valence-electron chi connectivity index (χ3n) is 0.867. The molecule has 0 N–H and O–H groups in total. The monoisotopic (exact) mass is 161 g/mol. The number of carbonyl (C=O) groups excluding carboxylic acids is 2. The predicted molar refractivity (Wildman–Crippen MR) is 34.2 cm³/mol. The Labute approximate surface area is 64.2 Å². The average Bonchev–Trinajstić information content (AvgIpc) is 2.03. The summed E-state index contributed by atoms with van der Waals surface area (Å²) >= 11 is 0. The van der Waals surface area contributed by atoms with E-state index in [2.05, 4.69) is 14.2 Å². The van der Waals surface area contributed by atoms with Crippen molar-refractivity contribution in [1.29, 1.82) is 0 Å². The Balaban J connectivity index is 3.86. The van der Waals surface area contributed by atoms with Crippen LogP contribution in [0.5, 0.6) is 0 Å². The normalized spacial score (nSPS) is 11.8. The van der Waals surface area contributed by atoms with Crippen LogP contribution in [0, 0.1) is 0 Å². The molecule has 0 spiro atoms. The van der Waals surface area contributed by atoms with Gasteiger partial charge in [0.05, 0.1) is 7.11 Å². The zero-order valence-corrected chi connectivity index (χ0v) is 6.33. The molecule has 0 fully saturated rings. The maximum atomic E-state index is 10.6. The summed E-state index contributed by atoms with van der Waals surface area (Å²) in [5, 5.41) is 0. The van der Waals surface area contributed by atoms with Gasteiger partial charge < -0.3 is 14.2 Å². The van der Waals surface area contributed by atoms with Gasteiger partial charge in [-0.1, -0.05) is 0 Å². The molecule has 0 aromatic carbocycles. The molecule has 0 aliphatic rings. The fourth-order valence-corrected chi connectivity index (χ4v) is 0.441. The van der Waals surface area contributed by atoms with Crippen LogP contribution < -0.4 is 0 Å². The first-order valence-electron chi connectivity index (χ1n) is 2.98. The van der Waals surface area contributed by atoms with Crippen molar-refractivity contribution < 1.29 is 23.8 Å².